The lowest BCUT2D eigenvalue weighted by molar-refractivity contribution is 0.747. The first kappa shape index (κ1) is 10.7. The molecule has 0 unspecified atom stereocenters. The summed E-state index contributed by atoms with van der Waals surface area (Å²) < 4.78 is 1.69. The molecule has 2 aromatic heterocycles. The molecule has 3 aromatic rings. The number of nitrogens with zero attached hydrogens (tertiary/aromatic N) is 2. The van der Waals surface area contributed by atoms with E-state index in [1.54, 1.807) is 10.8 Å². The van der Waals surface area contributed by atoms with Crippen LogP contribution in [-0.4, -0.2) is 9.55 Å². The Morgan fingerprint density at radius 1 is 1.00 bits per heavy atom. The minimum atomic E-state index is 0.0266. The number of aromatic nitrogens is 2. The average Bonchev–Trinajstić information content (AvgIpc) is 2.43. The fourth-order valence-electron chi connectivity index (χ4n) is 2.02. The molecule has 3 nitrogen and oxygen atoms in total. The van der Waals surface area contributed by atoms with Crippen molar-refractivity contribution in [2.75, 3.05) is 0 Å². The smallest absolute Gasteiger partial charge is 0.258 e. The molecule has 0 fully saturated rings. The molecule has 3 rings (SSSR count). The van der Waals surface area contributed by atoms with Gasteiger partial charge in [-0.25, -0.2) is 0 Å². The number of fused-ring (bicyclic) bond motifs is 1. The third kappa shape index (κ3) is 1.91. The summed E-state index contributed by atoms with van der Waals surface area (Å²) in [6.45, 7) is 0.504. The fourth-order valence-corrected chi connectivity index (χ4v) is 2.02. The van der Waals surface area contributed by atoms with Crippen LogP contribution in [0.1, 0.15) is 5.69 Å². The van der Waals surface area contributed by atoms with Crippen molar-refractivity contribution in [1.29, 1.82) is 0 Å². The summed E-state index contributed by atoms with van der Waals surface area (Å²) in [6.07, 6.45) is 3.56. The summed E-state index contributed by atoms with van der Waals surface area (Å²) in [5.41, 5.74) is 0.911. The lowest BCUT2D eigenvalue weighted by atomic mass is 10.2. The molecule has 0 aliphatic heterocycles. The maximum atomic E-state index is 12.3. The number of pyridine rings is 2. The molecule has 0 bridgehead atoms. The number of hydrogen-bond acceptors (Lipinski definition) is 2. The molecule has 0 aliphatic rings. The zero-order valence-electron chi connectivity index (χ0n) is 9.78. The van der Waals surface area contributed by atoms with Gasteiger partial charge in [0.15, 0.2) is 0 Å². The van der Waals surface area contributed by atoms with Gasteiger partial charge in [0.2, 0.25) is 0 Å². The highest BCUT2D eigenvalue weighted by atomic mass is 16.1. The Bertz CT molecular complexity index is 732. The Kier molecular flexibility index (Phi) is 2.65. The SMILES string of the molecule is O=c1c2ccccc2ccn1Cc1ccccn1. The summed E-state index contributed by atoms with van der Waals surface area (Å²) in [4.78, 5) is 16.5. The number of rotatable bonds is 2. The van der Waals surface area contributed by atoms with Crippen molar-refractivity contribution < 1.29 is 0 Å². The number of benzene rings is 1. The Balaban J connectivity index is 2.08. The van der Waals surface area contributed by atoms with Crippen LogP contribution in [0.25, 0.3) is 10.8 Å². The van der Waals surface area contributed by atoms with Gasteiger partial charge < -0.3 is 4.57 Å². The third-order valence-corrected chi connectivity index (χ3v) is 2.94. The first-order valence-electron chi connectivity index (χ1n) is 5.83. The van der Waals surface area contributed by atoms with Gasteiger partial charge in [0.1, 0.15) is 0 Å². The molecular weight excluding hydrogens is 224 g/mol. The fraction of sp³-hybridized carbons (Fsp3) is 0.0667. The van der Waals surface area contributed by atoms with Gasteiger partial charge in [-0.1, -0.05) is 24.3 Å². The van der Waals surface area contributed by atoms with E-state index in [0.29, 0.717) is 6.54 Å². The summed E-state index contributed by atoms with van der Waals surface area (Å²) in [5, 5.41) is 1.72. The second kappa shape index (κ2) is 4.45. The van der Waals surface area contributed by atoms with E-state index in [1.807, 2.05) is 54.7 Å². The van der Waals surface area contributed by atoms with Crippen LogP contribution in [0.4, 0.5) is 0 Å². The molecule has 0 atom stereocenters. The molecule has 0 radical (unpaired) electrons. The van der Waals surface area contributed by atoms with Crippen LogP contribution >= 0.6 is 0 Å². The lowest BCUT2D eigenvalue weighted by Crippen LogP contribution is -2.20. The molecule has 0 N–H and O–H groups in total. The molecule has 0 saturated carbocycles. The molecule has 88 valence electrons. The van der Waals surface area contributed by atoms with Crippen LogP contribution in [0.5, 0.6) is 0 Å². The Morgan fingerprint density at radius 3 is 2.67 bits per heavy atom. The van der Waals surface area contributed by atoms with Crippen LogP contribution in [0.2, 0.25) is 0 Å². The quantitative estimate of drug-likeness (QED) is 0.685. The molecular formula is C15H12N2O. The Morgan fingerprint density at radius 2 is 1.83 bits per heavy atom. The van der Waals surface area contributed by atoms with Crippen LogP contribution in [-0.2, 0) is 6.54 Å². The van der Waals surface area contributed by atoms with E-state index in [9.17, 15) is 4.79 Å². The molecule has 1 aromatic carbocycles. The van der Waals surface area contributed by atoms with Crippen molar-refractivity contribution in [3.63, 3.8) is 0 Å². The second-order valence-corrected chi connectivity index (χ2v) is 4.16. The molecule has 0 amide bonds. The highest BCUT2D eigenvalue weighted by Gasteiger charge is 2.02. The summed E-state index contributed by atoms with van der Waals surface area (Å²) in [7, 11) is 0. The maximum Gasteiger partial charge on any atom is 0.258 e. The van der Waals surface area contributed by atoms with Crippen LogP contribution in [0, 0.1) is 0 Å². The van der Waals surface area contributed by atoms with Gasteiger partial charge in [0.05, 0.1) is 12.2 Å². The van der Waals surface area contributed by atoms with Gasteiger partial charge >= 0.3 is 0 Å². The van der Waals surface area contributed by atoms with E-state index in [0.717, 1.165) is 16.5 Å². The predicted octanol–water partition coefficient (Wildman–Crippen LogP) is 2.44. The third-order valence-electron chi connectivity index (χ3n) is 2.94. The van der Waals surface area contributed by atoms with Gasteiger partial charge in [0.25, 0.3) is 5.56 Å². The zero-order valence-corrected chi connectivity index (χ0v) is 9.78. The predicted molar refractivity (Wildman–Crippen MR) is 71.5 cm³/mol. The van der Waals surface area contributed by atoms with Crippen LogP contribution in [0.3, 0.4) is 0 Å². The average molecular weight is 236 g/mol. The monoisotopic (exact) mass is 236 g/mol. The molecule has 3 heteroatoms. The van der Waals surface area contributed by atoms with Crippen molar-refractivity contribution in [2.45, 2.75) is 6.54 Å². The van der Waals surface area contributed by atoms with E-state index in [4.69, 9.17) is 0 Å². The van der Waals surface area contributed by atoms with E-state index in [1.165, 1.54) is 0 Å². The molecule has 18 heavy (non-hydrogen) atoms. The minimum absolute atomic E-state index is 0.0266. The van der Waals surface area contributed by atoms with Gasteiger partial charge in [0, 0.05) is 17.8 Å². The minimum Gasteiger partial charge on any atom is -0.309 e. The first-order chi connectivity index (χ1) is 8.84. The van der Waals surface area contributed by atoms with E-state index in [2.05, 4.69) is 4.98 Å². The van der Waals surface area contributed by atoms with E-state index in [-0.39, 0.29) is 5.56 Å². The van der Waals surface area contributed by atoms with Gasteiger partial charge in [-0.15, -0.1) is 0 Å². The van der Waals surface area contributed by atoms with Crippen molar-refractivity contribution in [3.05, 3.63) is 77.0 Å². The summed E-state index contributed by atoms with van der Waals surface area (Å²) in [5.74, 6) is 0. The second-order valence-electron chi connectivity index (χ2n) is 4.16. The summed E-state index contributed by atoms with van der Waals surface area (Å²) in [6, 6.07) is 15.3. The van der Waals surface area contributed by atoms with Crippen molar-refractivity contribution in [2.24, 2.45) is 0 Å². The van der Waals surface area contributed by atoms with Gasteiger partial charge in [-0.3, -0.25) is 9.78 Å². The van der Waals surface area contributed by atoms with E-state index >= 15 is 0 Å². The summed E-state index contributed by atoms with van der Waals surface area (Å²) >= 11 is 0. The molecule has 2 heterocycles. The topological polar surface area (TPSA) is 34.9 Å². The van der Waals surface area contributed by atoms with Gasteiger partial charge in [-0.2, -0.15) is 0 Å². The first-order valence-corrected chi connectivity index (χ1v) is 5.83. The Labute approximate surface area is 104 Å². The lowest BCUT2D eigenvalue weighted by Gasteiger charge is -2.06. The van der Waals surface area contributed by atoms with Crippen molar-refractivity contribution >= 4 is 10.8 Å². The van der Waals surface area contributed by atoms with Crippen LogP contribution < -0.4 is 5.56 Å². The molecule has 0 saturated heterocycles. The zero-order chi connectivity index (χ0) is 12.4. The van der Waals surface area contributed by atoms with Crippen molar-refractivity contribution in [3.8, 4) is 0 Å². The Hall–Kier alpha value is -2.42. The van der Waals surface area contributed by atoms with Crippen molar-refractivity contribution in [1.82, 2.24) is 9.55 Å². The normalized spacial score (nSPS) is 10.7. The largest absolute Gasteiger partial charge is 0.309 e. The van der Waals surface area contributed by atoms with Crippen LogP contribution in [0.15, 0.2) is 65.7 Å². The number of hydrogen-bond donors (Lipinski definition) is 0. The van der Waals surface area contributed by atoms with Gasteiger partial charge in [-0.05, 0) is 29.7 Å². The molecule has 0 aliphatic carbocycles. The highest BCUT2D eigenvalue weighted by molar-refractivity contribution is 5.81. The maximum absolute atomic E-state index is 12.3. The standard InChI is InChI=1S/C15H12N2O/c18-15-14-7-2-1-5-12(14)8-10-17(15)11-13-6-3-4-9-16-13/h1-10H,11H2. The van der Waals surface area contributed by atoms with E-state index < -0.39 is 0 Å². The highest BCUT2D eigenvalue weighted by Crippen LogP contribution is 2.08. The molecule has 0 spiro atoms.